The van der Waals surface area contributed by atoms with Crippen molar-refractivity contribution in [3.05, 3.63) is 94.7 Å². The van der Waals surface area contributed by atoms with Crippen LogP contribution in [0.3, 0.4) is 0 Å². The molecule has 0 aliphatic carbocycles. The summed E-state index contributed by atoms with van der Waals surface area (Å²) in [6.45, 7) is 0. The van der Waals surface area contributed by atoms with Crippen molar-refractivity contribution in [2.75, 3.05) is 10.6 Å². The number of carboxylic acid groups (broad SMARTS) is 1. The standard InChI is InChI=1S/C26H17F3N4O4/c27-26(28,29)18-6-2-1-4-15(18)12-22(34)31-20-7-3-5-16-11-21(32-23(16)20)24(35)33-19-9-8-14(13-30)10-17(19)25(36)37/h1-11,32H,12H2,(H,31,34)(H,33,35)(H,36,37). The Kier molecular flexibility index (Phi) is 6.67. The van der Waals surface area contributed by atoms with E-state index in [0.717, 1.165) is 12.1 Å². The number of amides is 2. The lowest BCUT2D eigenvalue weighted by atomic mass is 10.0. The van der Waals surface area contributed by atoms with E-state index in [9.17, 15) is 32.7 Å². The highest BCUT2D eigenvalue weighted by atomic mass is 19.4. The molecular weight excluding hydrogens is 489 g/mol. The molecule has 0 radical (unpaired) electrons. The molecule has 0 unspecified atom stereocenters. The summed E-state index contributed by atoms with van der Waals surface area (Å²) in [5.74, 6) is -2.70. The number of hydrogen-bond donors (Lipinski definition) is 4. The third kappa shape index (κ3) is 5.43. The van der Waals surface area contributed by atoms with Gasteiger partial charge >= 0.3 is 12.1 Å². The van der Waals surface area contributed by atoms with Gasteiger partial charge in [-0.3, -0.25) is 9.59 Å². The zero-order valence-corrected chi connectivity index (χ0v) is 18.8. The summed E-state index contributed by atoms with van der Waals surface area (Å²) >= 11 is 0. The van der Waals surface area contributed by atoms with Crippen LogP contribution < -0.4 is 10.6 Å². The maximum Gasteiger partial charge on any atom is 0.416 e. The third-order valence-electron chi connectivity index (χ3n) is 5.48. The van der Waals surface area contributed by atoms with Crippen molar-refractivity contribution < 1.29 is 32.7 Å². The lowest BCUT2D eigenvalue weighted by molar-refractivity contribution is -0.138. The predicted octanol–water partition coefficient (Wildman–Crippen LogP) is 5.19. The van der Waals surface area contributed by atoms with Gasteiger partial charge in [0.25, 0.3) is 5.91 Å². The Morgan fingerprint density at radius 2 is 1.70 bits per heavy atom. The first kappa shape index (κ1) is 25.0. The number of aromatic nitrogens is 1. The summed E-state index contributed by atoms with van der Waals surface area (Å²) in [7, 11) is 0. The van der Waals surface area contributed by atoms with Crippen LogP contribution in [0.2, 0.25) is 0 Å². The number of halogens is 3. The first-order valence-corrected chi connectivity index (χ1v) is 10.7. The van der Waals surface area contributed by atoms with Gasteiger partial charge < -0.3 is 20.7 Å². The lowest BCUT2D eigenvalue weighted by Gasteiger charge is -2.13. The van der Waals surface area contributed by atoms with E-state index in [0.29, 0.717) is 10.9 Å². The summed E-state index contributed by atoms with van der Waals surface area (Å²) in [4.78, 5) is 39.8. The van der Waals surface area contributed by atoms with E-state index in [4.69, 9.17) is 5.26 Å². The van der Waals surface area contributed by atoms with Crippen molar-refractivity contribution in [2.45, 2.75) is 12.6 Å². The molecule has 0 atom stereocenters. The van der Waals surface area contributed by atoms with Gasteiger partial charge in [-0.05, 0) is 42.0 Å². The minimum atomic E-state index is -4.60. The number of rotatable bonds is 6. The SMILES string of the molecule is N#Cc1ccc(NC(=O)c2cc3cccc(NC(=O)Cc4ccccc4C(F)(F)F)c3[nH]2)c(C(=O)O)c1. The Labute approximate surface area is 207 Å². The number of carboxylic acids is 1. The molecule has 4 rings (SSSR count). The summed E-state index contributed by atoms with van der Waals surface area (Å²) in [5, 5.41) is 24.0. The van der Waals surface area contributed by atoms with Gasteiger partial charge in [0.2, 0.25) is 5.91 Å². The molecule has 0 aliphatic heterocycles. The highest BCUT2D eigenvalue weighted by Gasteiger charge is 2.33. The number of nitrogens with one attached hydrogen (secondary N) is 3. The molecule has 4 N–H and O–H groups in total. The first-order valence-electron chi connectivity index (χ1n) is 10.7. The molecule has 0 aliphatic rings. The minimum Gasteiger partial charge on any atom is -0.478 e. The van der Waals surface area contributed by atoms with Gasteiger partial charge in [-0.2, -0.15) is 18.4 Å². The van der Waals surface area contributed by atoms with Crippen LogP contribution in [0.25, 0.3) is 10.9 Å². The molecule has 186 valence electrons. The van der Waals surface area contributed by atoms with Crippen molar-refractivity contribution >= 4 is 40.1 Å². The van der Waals surface area contributed by atoms with Crippen LogP contribution in [-0.4, -0.2) is 27.9 Å². The number of nitriles is 1. The molecule has 1 heterocycles. The molecule has 2 amide bonds. The number of carbonyl (C=O) groups is 3. The van der Waals surface area contributed by atoms with E-state index >= 15 is 0 Å². The van der Waals surface area contributed by atoms with Crippen LogP contribution in [-0.2, 0) is 17.4 Å². The highest BCUT2D eigenvalue weighted by Crippen LogP contribution is 2.32. The average molecular weight is 506 g/mol. The number of para-hydroxylation sites is 1. The van der Waals surface area contributed by atoms with Gasteiger partial charge in [0, 0.05) is 5.39 Å². The Balaban J connectivity index is 1.56. The Hall–Kier alpha value is -5.11. The van der Waals surface area contributed by atoms with Crippen LogP contribution in [0.15, 0.2) is 66.7 Å². The summed E-state index contributed by atoms with van der Waals surface area (Å²) < 4.78 is 39.8. The molecule has 0 spiro atoms. The van der Waals surface area contributed by atoms with Gasteiger partial charge in [0.1, 0.15) is 5.69 Å². The zero-order chi connectivity index (χ0) is 26.7. The van der Waals surface area contributed by atoms with Crippen LogP contribution in [0.5, 0.6) is 0 Å². The lowest BCUT2D eigenvalue weighted by Crippen LogP contribution is -2.18. The predicted molar refractivity (Wildman–Crippen MR) is 128 cm³/mol. The summed E-state index contributed by atoms with van der Waals surface area (Å²) in [6, 6.07) is 16.7. The summed E-state index contributed by atoms with van der Waals surface area (Å²) in [6.07, 6.45) is -5.12. The molecule has 0 fully saturated rings. The fraction of sp³-hybridized carbons (Fsp3) is 0.0769. The van der Waals surface area contributed by atoms with Crippen LogP contribution >= 0.6 is 0 Å². The second-order valence-corrected chi connectivity index (χ2v) is 7.96. The Morgan fingerprint density at radius 3 is 2.41 bits per heavy atom. The zero-order valence-electron chi connectivity index (χ0n) is 18.8. The molecular formula is C26H17F3N4O4. The number of anilines is 2. The topological polar surface area (TPSA) is 135 Å². The quantitative estimate of drug-likeness (QED) is 0.285. The Morgan fingerprint density at radius 1 is 0.946 bits per heavy atom. The van der Waals surface area contributed by atoms with E-state index in [-0.39, 0.29) is 33.8 Å². The van der Waals surface area contributed by atoms with E-state index in [2.05, 4.69) is 15.6 Å². The van der Waals surface area contributed by atoms with E-state index in [1.54, 1.807) is 12.1 Å². The van der Waals surface area contributed by atoms with Crippen molar-refractivity contribution in [3.8, 4) is 6.07 Å². The number of alkyl halides is 3. The largest absolute Gasteiger partial charge is 0.478 e. The van der Waals surface area contributed by atoms with Gasteiger partial charge in [0.05, 0.1) is 46.1 Å². The fourth-order valence-electron chi connectivity index (χ4n) is 3.79. The van der Waals surface area contributed by atoms with Crippen molar-refractivity contribution in [1.82, 2.24) is 4.98 Å². The minimum absolute atomic E-state index is 0.0213. The van der Waals surface area contributed by atoms with Crippen molar-refractivity contribution in [3.63, 3.8) is 0 Å². The second kappa shape index (κ2) is 9.87. The number of benzene rings is 3. The number of hydrogen-bond acceptors (Lipinski definition) is 4. The number of aromatic carboxylic acids is 1. The van der Waals surface area contributed by atoms with Crippen LogP contribution in [0.1, 0.15) is 37.5 Å². The summed E-state index contributed by atoms with van der Waals surface area (Å²) in [5.41, 5.74) is -0.616. The molecule has 8 nitrogen and oxygen atoms in total. The van der Waals surface area contributed by atoms with Gasteiger partial charge in [0.15, 0.2) is 0 Å². The van der Waals surface area contributed by atoms with E-state index in [1.165, 1.54) is 42.5 Å². The molecule has 3 aromatic carbocycles. The van der Waals surface area contributed by atoms with Crippen LogP contribution in [0, 0.1) is 11.3 Å². The van der Waals surface area contributed by atoms with Gasteiger partial charge in [-0.1, -0.05) is 30.3 Å². The first-order chi connectivity index (χ1) is 17.6. The van der Waals surface area contributed by atoms with Crippen molar-refractivity contribution in [1.29, 1.82) is 5.26 Å². The number of H-pyrrole nitrogens is 1. The monoisotopic (exact) mass is 506 g/mol. The van der Waals surface area contributed by atoms with E-state index in [1.807, 2.05) is 6.07 Å². The number of fused-ring (bicyclic) bond motifs is 1. The smallest absolute Gasteiger partial charge is 0.416 e. The van der Waals surface area contributed by atoms with Gasteiger partial charge in [-0.15, -0.1) is 0 Å². The normalized spacial score (nSPS) is 11.1. The molecule has 0 saturated heterocycles. The highest BCUT2D eigenvalue weighted by molar-refractivity contribution is 6.10. The second-order valence-electron chi connectivity index (χ2n) is 7.96. The van der Waals surface area contributed by atoms with E-state index < -0.39 is 35.9 Å². The number of nitrogens with zero attached hydrogens (tertiary/aromatic N) is 1. The molecule has 1 aromatic heterocycles. The molecule has 37 heavy (non-hydrogen) atoms. The molecule has 0 bridgehead atoms. The number of carbonyl (C=O) groups excluding carboxylic acids is 2. The fourth-order valence-corrected chi connectivity index (χ4v) is 3.79. The van der Waals surface area contributed by atoms with Crippen LogP contribution in [0.4, 0.5) is 24.5 Å². The number of aromatic amines is 1. The molecule has 0 saturated carbocycles. The average Bonchev–Trinajstić information content (AvgIpc) is 3.29. The maximum atomic E-state index is 13.3. The molecule has 4 aromatic rings. The van der Waals surface area contributed by atoms with Gasteiger partial charge in [-0.25, -0.2) is 4.79 Å². The van der Waals surface area contributed by atoms with Crippen molar-refractivity contribution in [2.24, 2.45) is 0 Å². The third-order valence-corrected chi connectivity index (χ3v) is 5.48. The Bertz CT molecular complexity index is 1580. The molecule has 11 heteroatoms. The maximum absolute atomic E-state index is 13.3.